The molecule has 2 aromatic heterocycles. The average molecular weight is 354 g/mol. The number of nitrogens with one attached hydrogen (secondary N) is 3. The summed E-state index contributed by atoms with van der Waals surface area (Å²) in [5.41, 5.74) is 2.97. The van der Waals surface area contributed by atoms with Gasteiger partial charge in [0.2, 0.25) is 0 Å². The number of nitrogens with zero attached hydrogens (tertiary/aromatic N) is 1. The minimum absolute atomic E-state index is 0.153. The summed E-state index contributed by atoms with van der Waals surface area (Å²) >= 11 is 0. The zero-order valence-corrected chi connectivity index (χ0v) is 15.1. The summed E-state index contributed by atoms with van der Waals surface area (Å²) in [6, 6.07) is 7.41. The van der Waals surface area contributed by atoms with E-state index in [9.17, 15) is 9.59 Å². The molecule has 7 heteroatoms. The SMILES string of the molecule is C=CCOc1ccc([C@H](c2c(C)[nH][nH]c2=O)c2c(C)[nH]n(C)c2=O)cc1. The number of hydrogen-bond acceptors (Lipinski definition) is 3. The van der Waals surface area contributed by atoms with E-state index in [2.05, 4.69) is 21.9 Å². The fraction of sp³-hybridized carbons (Fsp3) is 0.263. The van der Waals surface area contributed by atoms with Crippen molar-refractivity contribution in [1.29, 1.82) is 0 Å². The third kappa shape index (κ3) is 3.03. The second-order valence-electron chi connectivity index (χ2n) is 6.23. The van der Waals surface area contributed by atoms with E-state index < -0.39 is 5.92 Å². The lowest BCUT2D eigenvalue weighted by Crippen LogP contribution is -2.22. The highest BCUT2D eigenvalue weighted by Gasteiger charge is 2.28. The van der Waals surface area contributed by atoms with Crippen molar-refractivity contribution in [3.05, 3.63) is 85.7 Å². The Balaban J connectivity index is 2.17. The molecule has 0 spiro atoms. The van der Waals surface area contributed by atoms with Crippen LogP contribution in [0.1, 0.15) is 34.0 Å². The van der Waals surface area contributed by atoms with Crippen LogP contribution in [-0.2, 0) is 7.05 Å². The van der Waals surface area contributed by atoms with Crippen LogP contribution in [0.15, 0.2) is 46.5 Å². The van der Waals surface area contributed by atoms with Gasteiger partial charge in [0, 0.05) is 24.4 Å². The van der Waals surface area contributed by atoms with Gasteiger partial charge in [-0.1, -0.05) is 24.8 Å². The number of ether oxygens (including phenoxy) is 1. The van der Waals surface area contributed by atoms with E-state index in [1.807, 2.05) is 38.1 Å². The van der Waals surface area contributed by atoms with Crippen molar-refractivity contribution >= 4 is 0 Å². The monoisotopic (exact) mass is 354 g/mol. The van der Waals surface area contributed by atoms with Crippen molar-refractivity contribution < 1.29 is 4.74 Å². The van der Waals surface area contributed by atoms with Crippen LogP contribution >= 0.6 is 0 Å². The smallest absolute Gasteiger partial charge is 0.270 e. The highest BCUT2D eigenvalue weighted by Crippen LogP contribution is 2.32. The van der Waals surface area contributed by atoms with Crippen LogP contribution in [-0.4, -0.2) is 26.6 Å². The summed E-state index contributed by atoms with van der Waals surface area (Å²) in [4.78, 5) is 25.1. The Kier molecular flexibility index (Phi) is 4.71. The number of aromatic nitrogens is 4. The number of benzene rings is 1. The van der Waals surface area contributed by atoms with Crippen molar-refractivity contribution in [2.75, 3.05) is 6.61 Å². The van der Waals surface area contributed by atoms with E-state index in [4.69, 9.17) is 4.74 Å². The molecule has 0 bridgehead atoms. The standard InChI is InChI=1S/C19H22N4O3/c1-5-10-26-14-8-6-13(7-9-14)17(15-11(2)20-21-18(15)24)16-12(3)22-23(4)19(16)25/h5-9,17,22H,1,10H2,2-4H3,(H2,20,21,24)/t17-/m1/s1. The van der Waals surface area contributed by atoms with E-state index in [0.717, 1.165) is 11.3 Å². The van der Waals surface area contributed by atoms with Crippen LogP contribution in [0.3, 0.4) is 0 Å². The van der Waals surface area contributed by atoms with E-state index in [-0.39, 0.29) is 11.1 Å². The Morgan fingerprint density at radius 2 is 1.81 bits per heavy atom. The van der Waals surface area contributed by atoms with E-state index in [0.29, 0.717) is 29.2 Å². The van der Waals surface area contributed by atoms with Crippen molar-refractivity contribution in [3.8, 4) is 5.75 Å². The van der Waals surface area contributed by atoms with Crippen LogP contribution < -0.4 is 15.9 Å². The van der Waals surface area contributed by atoms with Gasteiger partial charge in [0.15, 0.2) is 0 Å². The van der Waals surface area contributed by atoms with Gasteiger partial charge in [0.25, 0.3) is 11.1 Å². The zero-order chi connectivity index (χ0) is 18.8. The molecule has 0 aliphatic carbocycles. The third-order valence-corrected chi connectivity index (χ3v) is 4.45. The first-order valence-corrected chi connectivity index (χ1v) is 8.30. The topological polar surface area (TPSA) is 95.7 Å². The molecule has 0 saturated heterocycles. The quantitative estimate of drug-likeness (QED) is 0.592. The first-order valence-electron chi connectivity index (χ1n) is 8.30. The Labute approximate surface area is 150 Å². The van der Waals surface area contributed by atoms with Crippen molar-refractivity contribution in [3.63, 3.8) is 0 Å². The van der Waals surface area contributed by atoms with Gasteiger partial charge < -0.3 is 9.84 Å². The second kappa shape index (κ2) is 6.95. The summed E-state index contributed by atoms with van der Waals surface area (Å²) in [6.45, 7) is 7.69. The van der Waals surface area contributed by atoms with Gasteiger partial charge in [-0.3, -0.25) is 24.5 Å². The van der Waals surface area contributed by atoms with E-state index in [1.54, 1.807) is 13.1 Å². The molecule has 0 fully saturated rings. The molecular formula is C19H22N4O3. The van der Waals surface area contributed by atoms with Crippen LogP contribution in [0.5, 0.6) is 5.75 Å². The minimum atomic E-state index is -0.483. The second-order valence-corrected chi connectivity index (χ2v) is 6.23. The largest absolute Gasteiger partial charge is 0.490 e. The molecule has 0 radical (unpaired) electrons. The molecule has 0 aliphatic heterocycles. The van der Waals surface area contributed by atoms with E-state index in [1.165, 1.54) is 4.68 Å². The van der Waals surface area contributed by atoms with Crippen LogP contribution in [0.25, 0.3) is 0 Å². The Morgan fingerprint density at radius 3 is 2.31 bits per heavy atom. The average Bonchev–Trinajstić information content (AvgIpc) is 3.08. The van der Waals surface area contributed by atoms with Gasteiger partial charge in [-0.15, -0.1) is 0 Å². The first kappa shape index (κ1) is 17.6. The predicted octanol–water partition coefficient (Wildman–Crippen LogP) is 2.09. The van der Waals surface area contributed by atoms with Crippen molar-refractivity contribution in [2.45, 2.75) is 19.8 Å². The number of aryl methyl sites for hydroxylation is 3. The minimum Gasteiger partial charge on any atom is -0.490 e. The lowest BCUT2D eigenvalue weighted by molar-refractivity contribution is 0.363. The summed E-state index contributed by atoms with van der Waals surface area (Å²) in [6.07, 6.45) is 1.67. The predicted molar refractivity (Wildman–Crippen MR) is 100 cm³/mol. The fourth-order valence-corrected chi connectivity index (χ4v) is 3.24. The van der Waals surface area contributed by atoms with Crippen LogP contribution in [0.4, 0.5) is 0 Å². The molecule has 0 unspecified atom stereocenters. The number of H-pyrrole nitrogens is 3. The third-order valence-electron chi connectivity index (χ3n) is 4.45. The Morgan fingerprint density at radius 1 is 1.12 bits per heavy atom. The van der Waals surface area contributed by atoms with Gasteiger partial charge >= 0.3 is 0 Å². The van der Waals surface area contributed by atoms with Gasteiger partial charge in [-0.05, 0) is 31.5 Å². The highest BCUT2D eigenvalue weighted by atomic mass is 16.5. The lowest BCUT2D eigenvalue weighted by atomic mass is 9.85. The maximum atomic E-state index is 12.7. The molecule has 0 aliphatic rings. The van der Waals surface area contributed by atoms with Gasteiger partial charge in [0.05, 0.1) is 11.1 Å². The molecule has 2 heterocycles. The van der Waals surface area contributed by atoms with Crippen molar-refractivity contribution in [2.24, 2.45) is 7.05 Å². The lowest BCUT2D eigenvalue weighted by Gasteiger charge is -2.16. The van der Waals surface area contributed by atoms with Gasteiger partial charge in [-0.2, -0.15) is 0 Å². The number of hydrogen-bond donors (Lipinski definition) is 3. The molecule has 136 valence electrons. The van der Waals surface area contributed by atoms with Gasteiger partial charge in [-0.25, -0.2) is 0 Å². The molecular weight excluding hydrogens is 332 g/mol. The first-order chi connectivity index (χ1) is 12.4. The Hall–Kier alpha value is -3.22. The maximum Gasteiger partial charge on any atom is 0.270 e. The normalized spacial score (nSPS) is 12.1. The molecule has 0 amide bonds. The maximum absolute atomic E-state index is 12.7. The van der Waals surface area contributed by atoms with Gasteiger partial charge in [0.1, 0.15) is 12.4 Å². The number of aromatic amines is 3. The fourth-order valence-electron chi connectivity index (χ4n) is 3.24. The molecule has 3 N–H and O–H groups in total. The highest BCUT2D eigenvalue weighted by molar-refractivity contribution is 5.45. The molecule has 1 aromatic carbocycles. The molecule has 1 atom stereocenters. The zero-order valence-electron chi connectivity index (χ0n) is 15.1. The number of rotatable bonds is 6. The molecule has 26 heavy (non-hydrogen) atoms. The summed E-state index contributed by atoms with van der Waals surface area (Å²) in [5, 5.41) is 8.47. The molecule has 3 rings (SSSR count). The summed E-state index contributed by atoms with van der Waals surface area (Å²) < 4.78 is 6.95. The molecule has 7 nitrogen and oxygen atoms in total. The summed E-state index contributed by atoms with van der Waals surface area (Å²) in [7, 11) is 1.66. The van der Waals surface area contributed by atoms with Crippen molar-refractivity contribution in [1.82, 2.24) is 20.0 Å². The van der Waals surface area contributed by atoms with E-state index >= 15 is 0 Å². The van der Waals surface area contributed by atoms with Crippen LogP contribution in [0.2, 0.25) is 0 Å². The molecule has 0 saturated carbocycles. The summed E-state index contributed by atoms with van der Waals surface area (Å²) in [5.74, 6) is 0.217. The Bertz CT molecular complexity index is 1030. The van der Waals surface area contributed by atoms with Crippen LogP contribution in [0, 0.1) is 13.8 Å². The molecule has 3 aromatic rings.